The minimum absolute atomic E-state index is 0.234. The second-order valence-electron chi connectivity index (χ2n) is 4.46. The average Bonchev–Trinajstić information content (AvgIpc) is 2.44. The maximum atomic E-state index is 13.4. The van der Waals surface area contributed by atoms with Crippen molar-refractivity contribution in [3.8, 4) is 0 Å². The molecule has 2 rings (SSSR count). The van der Waals surface area contributed by atoms with E-state index in [1.165, 1.54) is 0 Å². The molecule has 1 unspecified atom stereocenters. The highest BCUT2D eigenvalue weighted by atomic mass is 35.5. The van der Waals surface area contributed by atoms with Gasteiger partial charge in [0, 0.05) is 10.0 Å². The maximum absolute atomic E-state index is 13.4. The van der Waals surface area contributed by atoms with Crippen LogP contribution in [0.1, 0.15) is 24.1 Å². The number of nitrogens with one attached hydrogen (secondary N) is 1. The van der Waals surface area contributed by atoms with Crippen LogP contribution < -0.4 is 5.32 Å². The van der Waals surface area contributed by atoms with Gasteiger partial charge in [-0.1, -0.05) is 30.1 Å². The molecule has 1 nitrogen and oxygen atoms in total. The Hall–Kier alpha value is -1.23. The number of hydrogen-bond donors (Lipinski definition) is 1. The van der Waals surface area contributed by atoms with Crippen LogP contribution in [0, 0.1) is 17.5 Å². The molecule has 6 heteroatoms. The van der Waals surface area contributed by atoms with Crippen molar-refractivity contribution in [3.63, 3.8) is 0 Å². The molecule has 0 amide bonds. The van der Waals surface area contributed by atoms with E-state index in [0.717, 1.165) is 12.1 Å². The summed E-state index contributed by atoms with van der Waals surface area (Å²) >= 11 is 12.1. The molecule has 0 saturated carbocycles. The van der Waals surface area contributed by atoms with E-state index in [2.05, 4.69) is 5.32 Å². The van der Waals surface area contributed by atoms with Crippen LogP contribution in [0.25, 0.3) is 0 Å². The standard InChI is InChI=1S/C15H12Cl2F3N/c1-2-21-15(10-7-9(16)3-4-11(10)17)8-5-12(18)14(20)13(19)6-8/h3-7,15,21H,2H2,1H3. The Bertz CT molecular complexity index is 638. The Labute approximate surface area is 130 Å². The van der Waals surface area contributed by atoms with Crippen LogP contribution in [0.15, 0.2) is 30.3 Å². The summed E-state index contributed by atoms with van der Waals surface area (Å²) in [5, 5.41) is 3.90. The van der Waals surface area contributed by atoms with E-state index in [0.29, 0.717) is 22.2 Å². The van der Waals surface area contributed by atoms with Gasteiger partial charge in [0.15, 0.2) is 17.5 Å². The van der Waals surface area contributed by atoms with E-state index in [9.17, 15) is 13.2 Å². The molecule has 2 aromatic rings. The maximum Gasteiger partial charge on any atom is 0.194 e. The molecule has 0 spiro atoms. The molecule has 0 aliphatic heterocycles. The van der Waals surface area contributed by atoms with Gasteiger partial charge < -0.3 is 5.32 Å². The molecule has 112 valence electrons. The summed E-state index contributed by atoms with van der Waals surface area (Å²) < 4.78 is 40.0. The molecule has 0 aromatic heterocycles. The van der Waals surface area contributed by atoms with Crippen molar-refractivity contribution in [2.75, 3.05) is 6.54 Å². The summed E-state index contributed by atoms with van der Waals surface area (Å²) in [6.07, 6.45) is 0. The van der Waals surface area contributed by atoms with Gasteiger partial charge in [0.05, 0.1) is 6.04 Å². The lowest BCUT2D eigenvalue weighted by Gasteiger charge is -2.21. The van der Waals surface area contributed by atoms with Gasteiger partial charge in [0.1, 0.15) is 0 Å². The minimum Gasteiger partial charge on any atom is -0.306 e. The SMILES string of the molecule is CCNC(c1cc(F)c(F)c(F)c1)c1cc(Cl)ccc1Cl. The summed E-state index contributed by atoms with van der Waals surface area (Å²) in [6.45, 7) is 2.36. The van der Waals surface area contributed by atoms with Gasteiger partial charge >= 0.3 is 0 Å². The summed E-state index contributed by atoms with van der Waals surface area (Å²) in [7, 11) is 0. The lowest BCUT2D eigenvalue weighted by molar-refractivity contribution is 0.442. The third-order valence-electron chi connectivity index (χ3n) is 3.02. The normalized spacial score (nSPS) is 12.5. The molecule has 2 aromatic carbocycles. The Balaban J connectivity index is 2.56. The highest BCUT2D eigenvalue weighted by molar-refractivity contribution is 6.33. The zero-order valence-corrected chi connectivity index (χ0v) is 12.6. The molecule has 1 N–H and O–H groups in total. The number of benzene rings is 2. The molecule has 0 fully saturated rings. The lowest BCUT2D eigenvalue weighted by Crippen LogP contribution is -2.23. The molecule has 0 radical (unpaired) electrons. The van der Waals surface area contributed by atoms with Gasteiger partial charge in [-0.2, -0.15) is 0 Å². The van der Waals surface area contributed by atoms with Crippen molar-refractivity contribution in [1.82, 2.24) is 5.32 Å². The van der Waals surface area contributed by atoms with Crippen LogP contribution in [0.2, 0.25) is 10.0 Å². The van der Waals surface area contributed by atoms with E-state index in [1.54, 1.807) is 18.2 Å². The zero-order chi connectivity index (χ0) is 15.6. The summed E-state index contributed by atoms with van der Waals surface area (Å²) in [5.41, 5.74) is 0.800. The van der Waals surface area contributed by atoms with E-state index in [4.69, 9.17) is 23.2 Å². The fourth-order valence-corrected chi connectivity index (χ4v) is 2.50. The molecule has 0 aliphatic carbocycles. The first-order chi connectivity index (χ1) is 9.93. The van der Waals surface area contributed by atoms with Crippen LogP contribution >= 0.6 is 23.2 Å². The van der Waals surface area contributed by atoms with Crippen LogP contribution in [-0.4, -0.2) is 6.54 Å². The molecule has 0 bridgehead atoms. The number of halogens is 5. The largest absolute Gasteiger partial charge is 0.306 e. The predicted octanol–water partition coefficient (Wildman–Crippen LogP) is 5.11. The quantitative estimate of drug-likeness (QED) is 0.766. The van der Waals surface area contributed by atoms with E-state index >= 15 is 0 Å². The average molecular weight is 334 g/mol. The van der Waals surface area contributed by atoms with E-state index in [-0.39, 0.29) is 5.56 Å². The monoisotopic (exact) mass is 333 g/mol. The molecular formula is C15H12Cl2F3N. The molecule has 21 heavy (non-hydrogen) atoms. The topological polar surface area (TPSA) is 12.0 Å². The predicted molar refractivity (Wildman–Crippen MR) is 78.3 cm³/mol. The van der Waals surface area contributed by atoms with Crippen molar-refractivity contribution < 1.29 is 13.2 Å². The van der Waals surface area contributed by atoms with Gasteiger partial charge in [-0.25, -0.2) is 13.2 Å². The van der Waals surface area contributed by atoms with Crippen molar-refractivity contribution in [2.45, 2.75) is 13.0 Å². The van der Waals surface area contributed by atoms with Gasteiger partial charge in [-0.05, 0) is 48.0 Å². The van der Waals surface area contributed by atoms with Crippen LogP contribution in [0.5, 0.6) is 0 Å². The Morgan fingerprint density at radius 1 is 1.05 bits per heavy atom. The first-order valence-corrected chi connectivity index (χ1v) is 7.02. The highest BCUT2D eigenvalue weighted by Gasteiger charge is 2.20. The third kappa shape index (κ3) is 3.51. The summed E-state index contributed by atoms with van der Waals surface area (Å²) in [6, 6.07) is 6.12. The number of rotatable bonds is 4. The fourth-order valence-electron chi connectivity index (χ4n) is 2.09. The summed E-state index contributed by atoms with van der Waals surface area (Å²) in [4.78, 5) is 0. The molecular weight excluding hydrogens is 322 g/mol. The number of hydrogen-bond acceptors (Lipinski definition) is 1. The minimum atomic E-state index is -1.49. The van der Waals surface area contributed by atoms with E-state index < -0.39 is 23.5 Å². The molecule has 0 saturated heterocycles. The van der Waals surface area contributed by atoms with Gasteiger partial charge in [0.25, 0.3) is 0 Å². The zero-order valence-electron chi connectivity index (χ0n) is 11.1. The molecule has 1 atom stereocenters. The van der Waals surface area contributed by atoms with Crippen molar-refractivity contribution in [1.29, 1.82) is 0 Å². The Morgan fingerprint density at radius 3 is 2.24 bits per heavy atom. The van der Waals surface area contributed by atoms with E-state index in [1.807, 2.05) is 6.92 Å². The first-order valence-electron chi connectivity index (χ1n) is 6.26. The smallest absolute Gasteiger partial charge is 0.194 e. The van der Waals surface area contributed by atoms with Crippen LogP contribution in [0.4, 0.5) is 13.2 Å². The second-order valence-corrected chi connectivity index (χ2v) is 5.30. The van der Waals surface area contributed by atoms with Crippen molar-refractivity contribution >= 4 is 23.2 Å². The lowest BCUT2D eigenvalue weighted by atomic mass is 9.98. The Morgan fingerprint density at radius 2 is 1.67 bits per heavy atom. The van der Waals surface area contributed by atoms with Crippen molar-refractivity contribution in [2.24, 2.45) is 0 Å². The van der Waals surface area contributed by atoms with Crippen LogP contribution in [-0.2, 0) is 0 Å². The van der Waals surface area contributed by atoms with Crippen LogP contribution in [0.3, 0.4) is 0 Å². The van der Waals surface area contributed by atoms with Gasteiger partial charge in [-0.3, -0.25) is 0 Å². The Kier molecular flexibility index (Phi) is 5.14. The van der Waals surface area contributed by atoms with Gasteiger partial charge in [-0.15, -0.1) is 0 Å². The molecule has 0 aliphatic rings. The third-order valence-corrected chi connectivity index (χ3v) is 3.60. The highest BCUT2D eigenvalue weighted by Crippen LogP contribution is 2.31. The second kappa shape index (κ2) is 6.69. The van der Waals surface area contributed by atoms with Gasteiger partial charge in [0.2, 0.25) is 0 Å². The first kappa shape index (κ1) is 16.1. The van der Waals surface area contributed by atoms with Crippen molar-refractivity contribution in [3.05, 3.63) is 69.0 Å². The molecule has 0 heterocycles. The summed E-state index contributed by atoms with van der Waals surface area (Å²) in [5.74, 6) is -3.98. The fraction of sp³-hybridized carbons (Fsp3) is 0.200.